The van der Waals surface area contributed by atoms with Gasteiger partial charge in [-0.15, -0.1) is 0 Å². The van der Waals surface area contributed by atoms with Crippen LogP contribution in [-0.4, -0.2) is 18.0 Å². The fourth-order valence-corrected chi connectivity index (χ4v) is 2.89. The average molecular weight is 254 g/mol. The highest BCUT2D eigenvalue weighted by Crippen LogP contribution is 2.32. The Kier molecular flexibility index (Phi) is 2.90. The van der Waals surface area contributed by atoms with Crippen molar-refractivity contribution < 1.29 is 9.53 Å². The minimum Gasteiger partial charge on any atom is -0.367 e. The molecular weight excluding hydrogens is 236 g/mol. The number of ketones is 1. The molecule has 0 radical (unpaired) electrons. The van der Waals surface area contributed by atoms with Crippen molar-refractivity contribution in [3.63, 3.8) is 0 Å². The van der Waals surface area contributed by atoms with Gasteiger partial charge in [0.2, 0.25) is 0 Å². The van der Waals surface area contributed by atoms with Crippen molar-refractivity contribution in [3.8, 4) is 0 Å². The average Bonchev–Trinajstić information content (AvgIpc) is 2.87. The van der Waals surface area contributed by atoms with Gasteiger partial charge in [-0.1, -0.05) is 36.4 Å². The molecule has 98 valence electrons. The van der Waals surface area contributed by atoms with Gasteiger partial charge in [0.1, 0.15) is 5.60 Å². The molecule has 0 N–H and O–H groups in total. The van der Waals surface area contributed by atoms with E-state index in [1.165, 1.54) is 5.56 Å². The number of hydrogen-bond acceptors (Lipinski definition) is 2. The lowest BCUT2D eigenvalue weighted by Gasteiger charge is -2.22. The van der Waals surface area contributed by atoms with Crippen LogP contribution in [0, 0.1) is 6.92 Å². The number of Topliss-reactive ketones (excluding diaryl/α,β-unsaturated/α-hetero) is 1. The molecule has 1 unspecified atom stereocenters. The second-order valence-corrected chi connectivity index (χ2v) is 5.49. The van der Waals surface area contributed by atoms with E-state index in [9.17, 15) is 4.79 Å². The summed E-state index contributed by atoms with van der Waals surface area (Å²) >= 11 is 0. The summed E-state index contributed by atoms with van der Waals surface area (Å²) < 4.78 is 5.69. The molecule has 1 fully saturated rings. The Morgan fingerprint density at radius 2 is 1.89 bits per heavy atom. The third-order valence-electron chi connectivity index (χ3n) is 4.09. The Labute approximate surface area is 113 Å². The number of aryl methyl sites for hydroxylation is 1. The van der Waals surface area contributed by atoms with Crippen LogP contribution in [0.15, 0.2) is 36.4 Å². The van der Waals surface area contributed by atoms with Gasteiger partial charge in [0.05, 0.1) is 0 Å². The van der Waals surface area contributed by atoms with Crippen molar-refractivity contribution in [2.45, 2.75) is 32.3 Å². The molecule has 0 spiro atoms. The topological polar surface area (TPSA) is 26.3 Å². The molecule has 1 heterocycles. The van der Waals surface area contributed by atoms with Crippen LogP contribution in [0.4, 0.5) is 0 Å². The van der Waals surface area contributed by atoms with Crippen LogP contribution in [0.5, 0.6) is 0 Å². The van der Waals surface area contributed by atoms with Crippen LogP contribution in [-0.2, 0) is 4.74 Å². The molecule has 3 rings (SSSR count). The minimum absolute atomic E-state index is 0.112. The second-order valence-electron chi connectivity index (χ2n) is 5.49. The molecule has 2 aromatic carbocycles. The Hall–Kier alpha value is -1.67. The maximum atomic E-state index is 12.8. The van der Waals surface area contributed by atoms with Gasteiger partial charge in [-0.25, -0.2) is 0 Å². The summed E-state index contributed by atoms with van der Waals surface area (Å²) in [6, 6.07) is 12.0. The lowest BCUT2D eigenvalue weighted by Crippen LogP contribution is -2.34. The zero-order valence-electron chi connectivity index (χ0n) is 11.4. The quantitative estimate of drug-likeness (QED) is 0.760. The molecule has 0 saturated carbocycles. The summed E-state index contributed by atoms with van der Waals surface area (Å²) in [6.07, 6.45) is 1.78. The smallest absolute Gasteiger partial charge is 0.194 e. The number of ether oxygens (including phenoxy) is 1. The van der Waals surface area contributed by atoms with Gasteiger partial charge < -0.3 is 4.74 Å². The lowest BCUT2D eigenvalue weighted by atomic mass is 9.88. The number of hydrogen-bond donors (Lipinski definition) is 0. The van der Waals surface area contributed by atoms with Crippen LogP contribution in [0.25, 0.3) is 10.8 Å². The summed E-state index contributed by atoms with van der Waals surface area (Å²) in [6.45, 7) is 4.67. The first-order valence-electron chi connectivity index (χ1n) is 6.79. The molecule has 0 bridgehead atoms. The number of benzene rings is 2. The van der Waals surface area contributed by atoms with Crippen molar-refractivity contribution in [1.82, 2.24) is 0 Å². The highest BCUT2D eigenvalue weighted by molar-refractivity contribution is 6.12. The van der Waals surface area contributed by atoms with Crippen LogP contribution < -0.4 is 0 Å². The fourth-order valence-electron chi connectivity index (χ4n) is 2.89. The van der Waals surface area contributed by atoms with Crippen molar-refractivity contribution in [2.75, 3.05) is 6.61 Å². The molecule has 0 aliphatic carbocycles. The Morgan fingerprint density at radius 1 is 1.16 bits per heavy atom. The Balaban J connectivity index is 2.15. The van der Waals surface area contributed by atoms with E-state index in [-0.39, 0.29) is 5.78 Å². The van der Waals surface area contributed by atoms with E-state index in [2.05, 4.69) is 13.0 Å². The molecule has 1 atom stereocenters. The maximum Gasteiger partial charge on any atom is 0.194 e. The molecule has 2 aromatic rings. The molecule has 1 aliphatic rings. The van der Waals surface area contributed by atoms with Crippen LogP contribution in [0.3, 0.4) is 0 Å². The van der Waals surface area contributed by atoms with Crippen molar-refractivity contribution in [1.29, 1.82) is 0 Å². The summed E-state index contributed by atoms with van der Waals surface area (Å²) in [5.41, 5.74) is 1.34. The zero-order chi connectivity index (χ0) is 13.5. The van der Waals surface area contributed by atoms with Gasteiger partial charge in [-0.3, -0.25) is 4.79 Å². The van der Waals surface area contributed by atoms with E-state index >= 15 is 0 Å². The van der Waals surface area contributed by atoms with Crippen molar-refractivity contribution in [2.24, 2.45) is 0 Å². The van der Waals surface area contributed by atoms with Gasteiger partial charge in [0.25, 0.3) is 0 Å². The van der Waals surface area contributed by atoms with Crippen LogP contribution in [0.2, 0.25) is 0 Å². The standard InChI is InChI=1S/C17H18O2/c1-12-8-9-15(14-7-4-3-6-13(12)14)16(18)17(2)10-5-11-19-17/h3-4,6-9H,5,10-11H2,1-2H3. The van der Waals surface area contributed by atoms with Gasteiger partial charge in [-0.2, -0.15) is 0 Å². The molecular formula is C17H18O2. The van der Waals surface area contributed by atoms with E-state index in [4.69, 9.17) is 4.74 Å². The fraction of sp³-hybridized carbons (Fsp3) is 0.353. The van der Waals surface area contributed by atoms with Gasteiger partial charge in [-0.05, 0) is 43.0 Å². The maximum absolute atomic E-state index is 12.8. The number of rotatable bonds is 2. The SMILES string of the molecule is Cc1ccc(C(=O)C2(C)CCCO2)c2ccccc12. The third-order valence-corrected chi connectivity index (χ3v) is 4.09. The van der Waals surface area contributed by atoms with Gasteiger partial charge in [0.15, 0.2) is 5.78 Å². The van der Waals surface area contributed by atoms with Gasteiger partial charge in [0, 0.05) is 12.2 Å². The minimum atomic E-state index is -0.641. The predicted octanol–water partition coefficient (Wildman–Crippen LogP) is 3.90. The largest absolute Gasteiger partial charge is 0.367 e. The third kappa shape index (κ3) is 1.96. The Bertz CT molecular complexity index is 637. The Morgan fingerprint density at radius 3 is 2.58 bits per heavy atom. The molecule has 2 nitrogen and oxygen atoms in total. The molecule has 0 aromatic heterocycles. The first-order chi connectivity index (χ1) is 9.12. The first-order valence-corrected chi connectivity index (χ1v) is 6.79. The molecule has 0 amide bonds. The van der Waals surface area contributed by atoms with Crippen molar-refractivity contribution >= 4 is 16.6 Å². The van der Waals surface area contributed by atoms with Crippen LogP contribution >= 0.6 is 0 Å². The van der Waals surface area contributed by atoms with E-state index in [1.54, 1.807) is 0 Å². The summed E-state index contributed by atoms with van der Waals surface area (Å²) in [7, 11) is 0. The highest BCUT2D eigenvalue weighted by atomic mass is 16.5. The predicted molar refractivity (Wildman–Crippen MR) is 76.6 cm³/mol. The normalized spacial score (nSPS) is 22.8. The van der Waals surface area contributed by atoms with Gasteiger partial charge >= 0.3 is 0 Å². The van der Waals surface area contributed by atoms with E-state index < -0.39 is 5.60 Å². The molecule has 2 heteroatoms. The number of carbonyl (C=O) groups excluding carboxylic acids is 1. The van der Waals surface area contributed by atoms with E-state index in [0.29, 0.717) is 6.61 Å². The number of carbonyl (C=O) groups is 1. The summed E-state index contributed by atoms with van der Waals surface area (Å²) in [5, 5.41) is 2.18. The highest BCUT2D eigenvalue weighted by Gasteiger charge is 2.38. The first kappa shape index (κ1) is 12.4. The molecule has 1 aliphatic heterocycles. The molecule has 1 saturated heterocycles. The van der Waals surface area contributed by atoms with E-state index in [0.717, 1.165) is 29.2 Å². The second kappa shape index (κ2) is 4.46. The summed E-state index contributed by atoms with van der Waals surface area (Å²) in [4.78, 5) is 12.8. The lowest BCUT2D eigenvalue weighted by molar-refractivity contribution is 0.0215. The van der Waals surface area contributed by atoms with E-state index in [1.807, 2.05) is 37.3 Å². The monoisotopic (exact) mass is 254 g/mol. The molecule has 19 heavy (non-hydrogen) atoms. The number of fused-ring (bicyclic) bond motifs is 1. The zero-order valence-corrected chi connectivity index (χ0v) is 11.4. The van der Waals surface area contributed by atoms with Crippen molar-refractivity contribution in [3.05, 3.63) is 47.5 Å². The van der Waals surface area contributed by atoms with Crippen LogP contribution in [0.1, 0.15) is 35.7 Å². The summed E-state index contributed by atoms with van der Waals surface area (Å²) in [5.74, 6) is 0.112.